The minimum Gasteiger partial charge on any atom is -0.546 e. The molecule has 1 aromatic carbocycles. The van der Waals surface area contributed by atoms with Gasteiger partial charge in [0.25, 0.3) is 5.91 Å². The topological polar surface area (TPSA) is 264 Å². The Balaban J connectivity index is 0.00000523. The molecule has 22 heteroatoms. The van der Waals surface area contributed by atoms with Gasteiger partial charge < -0.3 is 41.1 Å². The second-order valence-corrected chi connectivity index (χ2v) is 14.1. The van der Waals surface area contributed by atoms with Gasteiger partial charge in [-0.3, -0.25) is 29.6 Å². The van der Waals surface area contributed by atoms with Gasteiger partial charge in [0.05, 0.1) is 39.4 Å². The number of nitrogen functional groups attached to an aromatic ring is 1. The first-order chi connectivity index (χ1) is 24.2. The first-order valence-electron chi connectivity index (χ1n) is 14.8. The number of phenols is 2. The van der Waals surface area contributed by atoms with Gasteiger partial charge in [0.2, 0.25) is 5.91 Å². The summed E-state index contributed by atoms with van der Waals surface area (Å²) in [4.78, 5) is 62.4. The number of benzene rings is 1. The molecule has 1 saturated heterocycles. The molecule has 6 rings (SSSR count). The molecule has 52 heavy (non-hydrogen) atoms. The Kier molecular flexibility index (Phi) is 11.6. The van der Waals surface area contributed by atoms with Crippen LogP contribution in [0.5, 0.6) is 11.5 Å². The van der Waals surface area contributed by atoms with Crippen molar-refractivity contribution in [3.8, 4) is 11.5 Å². The van der Waals surface area contributed by atoms with E-state index in [1.807, 2.05) is 0 Å². The zero-order valence-electron chi connectivity index (χ0n) is 27.5. The number of halogens is 1. The van der Waals surface area contributed by atoms with E-state index in [9.17, 15) is 34.5 Å². The molecule has 2 aliphatic heterocycles. The van der Waals surface area contributed by atoms with Crippen molar-refractivity contribution in [2.24, 2.45) is 11.1 Å². The number of aliphatic carboxylic acids is 1. The summed E-state index contributed by atoms with van der Waals surface area (Å²) in [5.74, 6) is -4.56. The number of β-lactam (4-membered cyclic amide) rings is 1. The minimum atomic E-state index is -1.86. The van der Waals surface area contributed by atoms with E-state index < -0.39 is 52.0 Å². The van der Waals surface area contributed by atoms with Gasteiger partial charge in [0, 0.05) is 29.2 Å². The van der Waals surface area contributed by atoms with Gasteiger partial charge in [0.15, 0.2) is 52.7 Å². The Bertz CT molecular complexity index is 2130. The number of hydrogen-bond donors (Lipinski definition) is 4. The number of aromatic hydroxyl groups is 2. The molecule has 0 bridgehead atoms. The van der Waals surface area contributed by atoms with Crippen LogP contribution in [0.2, 0.25) is 5.02 Å². The van der Waals surface area contributed by atoms with E-state index in [0.717, 1.165) is 23.0 Å². The third-order valence-electron chi connectivity index (χ3n) is 7.81. The summed E-state index contributed by atoms with van der Waals surface area (Å²) in [7, 11) is 0. The van der Waals surface area contributed by atoms with Crippen LogP contribution in [-0.2, 0) is 25.8 Å². The molecule has 2 atom stereocenters. The number of fused-ring (bicyclic) bond motifs is 1. The van der Waals surface area contributed by atoms with Crippen molar-refractivity contribution in [1.29, 1.82) is 0 Å². The Morgan fingerprint density at radius 3 is 2.73 bits per heavy atom. The van der Waals surface area contributed by atoms with Crippen molar-refractivity contribution in [2.75, 3.05) is 16.8 Å². The van der Waals surface area contributed by atoms with Crippen LogP contribution in [0.15, 0.2) is 52.8 Å². The number of nitrogens with two attached hydrogens (primary N) is 1. The van der Waals surface area contributed by atoms with E-state index in [4.69, 9.17) is 22.2 Å². The minimum absolute atomic E-state index is 0. The number of thiazole rings is 1. The van der Waals surface area contributed by atoms with Crippen LogP contribution in [0.1, 0.15) is 42.1 Å². The molecule has 264 valence electrons. The third-order valence-corrected chi connectivity index (χ3v) is 10.3. The molecular weight excluding hydrogens is 751 g/mol. The van der Waals surface area contributed by atoms with Gasteiger partial charge in [0.1, 0.15) is 11.4 Å². The van der Waals surface area contributed by atoms with Crippen molar-refractivity contribution in [3.05, 3.63) is 69.7 Å². The molecule has 3 aromatic heterocycles. The fraction of sp³-hybridized carbons (Fsp3) is 0.267. The normalized spacial score (nSPS) is 17.2. The molecule has 2 aliphatic rings. The maximum absolute atomic E-state index is 13.7. The molecule has 1 fully saturated rings. The molecule has 0 unspecified atom stereocenters. The molecule has 0 spiro atoms. The standard InChI is InChI=1S/C30H27ClN10O8S2.Na/c1-30(2,28(47)48)49-37-21(17-12-51-29(32)34-17)19(43)8-16-26(46)41-22(24-35-38-39-36-24)13(11-50-27(16)41)9-40-7-3-4-14(10-40)33-25(45)15-5-6-18(42)23(44)20(15)31;/h3-7,10,12,16,27H,8-9,11H2,1-2H3,(H6-,32,33,34,35,36,37,38,39,42,43,44,45,47,48);/q;+1/p-1/t16-,27-;/m1./s1. The number of carbonyl (C=O) groups is 4. The molecular formula is C30H26ClN10NaO8S2. The molecule has 0 aliphatic carbocycles. The van der Waals surface area contributed by atoms with Gasteiger partial charge in [-0.05, 0) is 32.0 Å². The molecule has 5 heterocycles. The van der Waals surface area contributed by atoms with Crippen molar-refractivity contribution in [1.82, 2.24) is 30.5 Å². The largest absolute Gasteiger partial charge is 1.00 e. The summed E-state index contributed by atoms with van der Waals surface area (Å²) in [5.41, 5.74) is 5.11. The van der Waals surface area contributed by atoms with Gasteiger partial charge in [-0.15, -0.1) is 23.1 Å². The van der Waals surface area contributed by atoms with E-state index in [0.29, 0.717) is 17.1 Å². The number of carbonyl (C=O) groups excluding carboxylic acids is 4. The Morgan fingerprint density at radius 1 is 1.29 bits per heavy atom. The van der Waals surface area contributed by atoms with Gasteiger partial charge in [-0.2, -0.15) is 9.78 Å². The fourth-order valence-corrected chi connectivity index (χ4v) is 7.36. The Morgan fingerprint density at radius 2 is 2.06 bits per heavy atom. The SMILES string of the molecule is CC(C)(O/N=C(\C(=O)C[C@@H]1C(=O)N2C(c3nnn[n-]3)=C(C[n+]3cccc(NC(=O)c4ccc(O)c(O)c4Cl)c3)CS[C@H]12)c1csc(N)n1)C(=O)[O-].[Na+]. The van der Waals surface area contributed by atoms with Gasteiger partial charge >= 0.3 is 29.6 Å². The summed E-state index contributed by atoms with van der Waals surface area (Å²) in [6.45, 7) is 2.65. The number of hydrogen-bond acceptors (Lipinski definition) is 16. The molecule has 2 amide bonds. The second kappa shape index (κ2) is 15.6. The molecule has 18 nitrogen and oxygen atoms in total. The summed E-state index contributed by atoms with van der Waals surface area (Å²) in [5, 5.41) is 53.5. The smallest absolute Gasteiger partial charge is 0.546 e. The molecule has 0 saturated carbocycles. The molecule has 5 N–H and O–H groups in total. The predicted octanol–water partition coefficient (Wildman–Crippen LogP) is -2.67. The number of ketones is 1. The Labute approximate surface area is 329 Å². The molecule has 0 radical (unpaired) electrons. The first-order valence-corrected chi connectivity index (χ1v) is 17.1. The second-order valence-electron chi connectivity index (χ2n) is 11.7. The number of tetrazole rings is 1. The summed E-state index contributed by atoms with van der Waals surface area (Å²) >= 11 is 8.51. The number of anilines is 2. The van der Waals surface area contributed by atoms with E-state index in [-0.39, 0.29) is 75.5 Å². The number of rotatable bonds is 12. The van der Waals surface area contributed by atoms with Crippen LogP contribution in [0.25, 0.3) is 5.70 Å². The number of pyridine rings is 1. The summed E-state index contributed by atoms with van der Waals surface area (Å²) in [6.07, 6.45) is 3.09. The van der Waals surface area contributed by atoms with Crippen LogP contribution in [-0.4, -0.2) is 81.6 Å². The average Bonchev–Trinajstić information content (AvgIpc) is 3.78. The zero-order chi connectivity index (χ0) is 36.6. The number of carboxylic acids is 1. The van der Waals surface area contributed by atoms with E-state index in [2.05, 4.69) is 36.1 Å². The maximum Gasteiger partial charge on any atom is 1.00 e. The monoisotopic (exact) mass is 776 g/mol. The fourth-order valence-electron chi connectivity index (χ4n) is 5.16. The third kappa shape index (κ3) is 7.76. The van der Waals surface area contributed by atoms with E-state index >= 15 is 0 Å². The number of phenolic OH excluding ortho intramolecular Hbond substituents is 2. The number of thioether (sulfide) groups is 1. The number of carboxylic acid groups (broad SMARTS) is 1. The van der Waals surface area contributed by atoms with Gasteiger partial charge in [-0.1, -0.05) is 16.8 Å². The first kappa shape index (κ1) is 38.6. The number of amides is 2. The quantitative estimate of drug-likeness (QED) is 0.0286. The van der Waals surface area contributed by atoms with Crippen LogP contribution in [0.4, 0.5) is 10.8 Å². The van der Waals surface area contributed by atoms with Crippen molar-refractivity contribution in [3.63, 3.8) is 0 Å². The molecule has 4 aromatic rings. The predicted molar refractivity (Wildman–Crippen MR) is 179 cm³/mol. The average molecular weight is 777 g/mol. The van der Waals surface area contributed by atoms with Gasteiger partial charge in [-0.25, -0.2) is 4.98 Å². The number of nitrogens with zero attached hydrogens (tertiary/aromatic N) is 8. The van der Waals surface area contributed by atoms with Crippen molar-refractivity contribution < 1.29 is 73.5 Å². The number of nitrogens with one attached hydrogen (secondary N) is 1. The zero-order valence-corrected chi connectivity index (χ0v) is 31.9. The van der Waals surface area contributed by atoms with Crippen molar-refractivity contribution in [2.45, 2.75) is 37.8 Å². The number of aromatic nitrogens is 6. The summed E-state index contributed by atoms with van der Waals surface area (Å²) < 4.78 is 1.76. The van der Waals surface area contributed by atoms with Crippen LogP contribution < -0.4 is 55.4 Å². The van der Waals surface area contributed by atoms with Crippen molar-refractivity contribution >= 4 is 80.5 Å². The van der Waals surface area contributed by atoms with Crippen LogP contribution in [0.3, 0.4) is 0 Å². The van der Waals surface area contributed by atoms with E-state index in [1.54, 1.807) is 29.1 Å². The Hall–Kier alpha value is -4.60. The van der Waals surface area contributed by atoms with Crippen LogP contribution in [0, 0.1) is 5.92 Å². The number of Topliss-reactive ketones (excluding diaryl/α,β-unsaturated/α-hetero) is 1. The maximum atomic E-state index is 13.7. The summed E-state index contributed by atoms with van der Waals surface area (Å²) in [6, 6.07) is 5.75. The number of oxime groups is 1. The van der Waals surface area contributed by atoms with E-state index in [1.165, 1.54) is 42.0 Å². The van der Waals surface area contributed by atoms with Crippen LogP contribution >= 0.6 is 34.7 Å².